The molecule has 0 aromatic carbocycles. The van der Waals surface area contributed by atoms with Crippen molar-refractivity contribution in [1.82, 2.24) is 0 Å². The molecule has 0 aromatic rings. The van der Waals surface area contributed by atoms with Crippen LogP contribution in [-0.2, 0) is 0 Å². The summed E-state index contributed by atoms with van der Waals surface area (Å²) in [7, 11) is 0. The van der Waals surface area contributed by atoms with E-state index in [0.29, 0.717) is 0 Å². The molecule has 0 aliphatic carbocycles. The van der Waals surface area contributed by atoms with Gasteiger partial charge in [0, 0.05) is 5.33 Å². The van der Waals surface area contributed by atoms with Crippen molar-refractivity contribution in [2.24, 2.45) is 0 Å². The maximum Gasteiger partial charge on any atom is 0.366 e. The van der Waals surface area contributed by atoms with Crippen LogP contribution in [0.3, 0.4) is 0 Å². The molecule has 0 N–H and O–H groups in total. The Hall–Kier alpha value is 1.26. The van der Waals surface area contributed by atoms with Crippen molar-refractivity contribution in [3.63, 3.8) is 0 Å². The van der Waals surface area contributed by atoms with E-state index in [2.05, 4.69) is 15.9 Å². The standard InChI is InChI=1S/C5H4Br2Cl2F4/c6-2-1-3(8,9)4(10,11)5(7,12)13/h1-2H2. The van der Waals surface area contributed by atoms with Gasteiger partial charge in [-0.25, -0.2) is 0 Å². The highest BCUT2D eigenvalue weighted by molar-refractivity contribution is 9.10. The number of hydrogen-bond acceptors (Lipinski definition) is 0. The summed E-state index contributed by atoms with van der Waals surface area (Å²) in [6.07, 6.45) is -0.496. The molecule has 0 nitrogen and oxygen atoms in total. The van der Waals surface area contributed by atoms with E-state index in [9.17, 15) is 17.6 Å². The fraction of sp³-hybridized carbons (Fsp3) is 1.00. The lowest BCUT2D eigenvalue weighted by Crippen LogP contribution is -2.49. The van der Waals surface area contributed by atoms with E-state index in [-0.39, 0.29) is 5.33 Å². The number of alkyl halides is 8. The van der Waals surface area contributed by atoms with Gasteiger partial charge in [0.25, 0.3) is 0 Å². The number of hydrogen-bond donors (Lipinski definition) is 0. The molecule has 0 heterocycles. The highest BCUT2D eigenvalue weighted by Crippen LogP contribution is 2.52. The third-order valence-electron chi connectivity index (χ3n) is 1.22. The third kappa shape index (κ3) is 3.11. The van der Waals surface area contributed by atoms with Gasteiger partial charge in [-0.05, 0) is 22.4 Å². The smallest absolute Gasteiger partial charge is 0.195 e. The van der Waals surface area contributed by atoms with Gasteiger partial charge in [0.2, 0.25) is 0 Å². The van der Waals surface area contributed by atoms with Crippen LogP contribution in [0.25, 0.3) is 0 Å². The highest BCUT2D eigenvalue weighted by Gasteiger charge is 2.66. The Morgan fingerprint density at radius 1 is 1.08 bits per heavy atom. The average molecular weight is 371 g/mol. The molecule has 0 saturated carbocycles. The number of halogens is 8. The van der Waals surface area contributed by atoms with Gasteiger partial charge >= 0.3 is 10.8 Å². The summed E-state index contributed by atoms with van der Waals surface area (Å²) in [6.45, 7) is 0. The minimum Gasteiger partial charge on any atom is -0.195 e. The zero-order valence-corrected chi connectivity index (χ0v) is 10.6. The lowest BCUT2D eigenvalue weighted by molar-refractivity contribution is -0.156. The topological polar surface area (TPSA) is 0 Å². The molecule has 0 rings (SSSR count). The van der Waals surface area contributed by atoms with Crippen LogP contribution in [0.5, 0.6) is 0 Å². The SMILES string of the molecule is FC(F)(Br)C(F)(F)C(Cl)(Cl)CCBr. The van der Waals surface area contributed by atoms with E-state index in [4.69, 9.17) is 23.2 Å². The van der Waals surface area contributed by atoms with Crippen molar-refractivity contribution < 1.29 is 17.6 Å². The average Bonchev–Trinajstić information content (AvgIpc) is 1.84. The predicted molar refractivity (Wildman–Crippen MR) is 51.7 cm³/mol. The van der Waals surface area contributed by atoms with Gasteiger partial charge in [-0.1, -0.05) is 39.1 Å². The van der Waals surface area contributed by atoms with E-state index in [1.807, 2.05) is 0 Å². The van der Waals surface area contributed by atoms with Crippen LogP contribution in [0.4, 0.5) is 17.6 Å². The van der Waals surface area contributed by atoms with Crippen LogP contribution in [0.15, 0.2) is 0 Å². The second-order valence-electron chi connectivity index (χ2n) is 2.22. The molecular formula is C5H4Br2Cl2F4. The summed E-state index contributed by atoms with van der Waals surface area (Å²) in [5, 5.41) is -0.00132. The van der Waals surface area contributed by atoms with Gasteiger partial charge < -0.3 is 0 Å². The minimum atomic E-state index is -4.53. The molecule has 0 aliphatic heterocycles. The van der Waals surface area contributed by atoms with Crippen LogP contribution < -0.4 is 0 Å². The van der Waals surface area contributed by atoms with Gasteiger partial charge in [0.1, 0.15) is 0 Å². The molecule has 0 bridgehead atoms. The maximum absolute atomic E-state index is 12.8. The van der Waals surface area contributed by atoms with Crippen molar-refractivity contribution in [3.8, 4) is 0 Å². The number of rotatable bonds is 4. The Morgan fingerprint density at radius 3 is 1.69 bits per heavy atom. The van der Waals surface area contributed by atoms with E-state index < -0.39 is 21.5 Å². The summed E-state index contributed by atoms with van der Waals surface area (Å²) in [6, 6.07) is 0. The largest absolute Gasteiger partial charge is 0.366 e. The van der Waals surface area contributed by atoms with E-state index in [1.165, 1.54) is 15.9 Å². The molecule has 13 heavy (non-hydrogen) atoms. The third-order valence-corrected chi connectivity index (χ3v) is 2.97. The first-order valence-electron chi connectivity index (χ1n) is 2.94. The van der Waals surface area contributed by atoms with Gasteiger partial charge in [0.15, 0.2) is 4.33 Å². The molecule has 0 atom stereocenters. The fourth-order valence-corrected chi connectivity index (χ4v) is 2.53. The van der Waals surface area contributed by atoms with Gasteiger partial charge in [0.05, 0.1) is 0 Å². The molecule has 0 amide bonds. The zero-order valence-electron chi connectivity index (χ0n) is 5.94. The molecule has 0 unspecified atom stereocenters. The fourth-order valence-electron chi connectivity index (χ4n) is 0.483. The molecule has 0 aromatic heterocycles. The second kappa shape index (κ2) is 4.41. The molecule has 0 fully saturated rings. The van der Waals surface area contributed by atoms with Crippen molar-refractivity contribution in [1.29, 1.82) is 0 Å². The van der Waals surface area contributed by atoms with E-state index in [1.54, 1.807) is 0 Å². The van der Waals surface area contributed by atoms with Crippen molar-refractivity contribution in [2.45, 2.75) is 21.5 Å². The van der Waals surface area contributed by atoms with Crippen LogP contribution in [-0.4, -0.2) is 20.4 Å². The Kier molecular flexibility index (Phi) is 4.84. The predicted octanol–water partition coefficient (Wildman–Crippen LogP) is 4.57. The van der Waals surface area contributed by atoms with Crippen molar-refractivity contribution in [2.75, 3.05) is 5.33 Å². The first-order valence-corrected chi connectivity index (χ1v) is 5.61. The van der Waals surface area contributed by atoms with Gasteiger partial charge in [-0.2, -0.15) is 17.6 Å². The first-order chi connectivity index (χ1) is 5.56. The van der Waals surface area contributed by atoms with Crippen LogP contribution in [0.2, 0.25) is 0 Å². The second-order valence-corrected chi connectivity index (χ2v) is 5.49. The summed E-state index contributed by atoms with van der Waals surface area (Å²) in [5.41, 5.74) is 0. The molecule has 80 valence electrons. The van der Waals surface area contributed by atoms with Crippen LogP contribution in [0, 0.1) is 0 Å². The lowest BCUT2D eigenvalue weighted by atomic mass is 10.2. The summed E-state index contributed by atoms with van der Waals surface area (Å²) in [5.74, 6) is -4.53. The molecule has 0 spiro atoms. The monoisotopic (exact) mass is 368 g/mol. The van der Waals surface area contributed by atoms with Gasteiger partial charge in [-0.3, -0.25) is 0 Å². The normalized spacial score (nSPS) is 14.8. The summed E-state index contributed by atoms with van der Waals surface area (Å²) in [4.78, 5) is -4.42. The minimum absolute atomic E-state index is 0.00132. The van der Waals surface area contributed by atoms with Crippen molar-refractivity contribution in [3.05, 3.63) is 0 Å². The Bertz CT molecular complexity index is 180. The lowest BCUT2D eigenvalue weighted by Gasteiger charge is -2.31. The van der Waals surface area contributed by atoms with Gasteiger partial charge in [-0.15, -0.1) is 0 Å². The summed E-state index contributed by atoms with van der Waals surface area (Å²) >= 11 is 14.5. The summed E-state index contributed by atoms with van der Waals surface area (Å²) < 4.78 is 47.4. The van der Waals surface area contributed by atoms with E-state index in [0.717, 1.165) is 0 Å². The molecule has 0 radical (unpaired) electrons. The van der Waals surface area contributed by atoms with Crippen molar-refractivity contribution >= 4 is 55.1 Å². The molecule has 8 heteroatoms. The molecular weight excluding hydrogens is 367 g/mol. The quantitative estimate of drug-likeness (QED) is 0.502. The van der Waals surface area contributed by atoms with Crippen LogP contribution >= 0.6 is 55.1 Å². The Balaban J connectivity index is 4.81. The maximum atomic E-state index is 12.8. The first kappa shape index (κ1) is 14.3. The Labute approximate surface area is 99.2 Å². The molecule has 0 aliphatic rings. The zero-order chi connectivity index (χ0) is 10.9. The van der Waals surface area contributed by atoms with Crippen LogP contribution in [0.1, 0.15) is 6.42 Å². The molecule has 0 saturated heterocycles. The highest BCUT2D eigenvalue weighted by atomic mass is 79.9. The van der Waals surface area contributed by atoms with E-state index >= 15 is 0 Å². The Morgan fingerprint density at radius 2 is 1.46 bits per heavy atom.